The van der Waals surface area contributed by atoms with Gasteiger partial charge in [-0.2, -0.15) is 0 Å². The van der Waals surface area contributed by atoms with E-state index in [9.17, 15) is 0 Å². The normalized spacial score (nSPS) is 20.8. The smallest absolute Gasteiger partial charge is 0.333 e. The maximum Gasteiger partial charge on any atom is 0.333 e. The minimum atomic E-state index is -0.0405. The van der Waals surface area contributed by atoms with Crippen LogP contribution in [0.5, 0.6) is 0 Å². The van der Waals surface area contributed by atoms with Crippen molar-refractivity contribution >= 4 is 77.7 Å². The Bertz CT molecular complexity index is 3260. The number of hydrogen-bond acceptors (Lipinski definition) is 3. The number of thiophene rings is 1. The summed E-state index contributed by atoms with van der Waals surface area (Å²) in [7, 11) is 0. The number of benzene rings is 6. The van der Waals surface area contributed by atoms with E-state index < -0.39 is 0 Å². The summed E-state index contributed by atoms with van der Waals surface area (Å²) in [5.41, 5.74) is 24.5. The summed E-state index contributed by atoms with van der Waals surface area (Å²) in [4.78, 5) is 5.55. The van der Waals surface area contributed by atoms with Crippen LogP contribution >= 0.6 is 11.3 Å². The lowest BCUT2D eigenvalue weighted by Crippen LogP contribution is -2.61. The fraction of sp³-hybridized carbons (Fsp3) is 0.419. The number of rotatable bonds is 2. The van der Waals surface area contributed by atoms with Gasteiger partial charge in [-0.1, -0.05) is 126 Å². The maximum absolute atomic E-state index is 2.83. The van der Waals surface area contributed by atoms with Crippen molar-refractivity contribution in [3.63, 3.8) is 0 Å². The SMILES string of the molecule is Cc1cc2c3c(c1)N(c1cc4c(cc1C)C(C)(C)CCC4(C)C)c1cc4sc5ccccc5c4cc1B3N(c1ccc3c(c1)C(C)(C)CCC3(C)C)c1cc3c(cc1-2)C(C)(C)CCC3(C)C. The molecule has 4 heteroatoms. The summed E-state index contributed by atoms with van der Waals surface area (Å²) in [6, 6.07) is 37.6. The van der Waals surface area contributed by atoms with Crippen LogP contribution < -0.4 is 20.6 Å². The van der Waals surface area contributed by atoms with E-state index in [1.807, 2.05) is 11.3 Å². The van der Waals surface area contributed by atoms with Crippen molar-refractivity contribution in [3.8, 4) is 11.1 Å². The van der Waals surface area contributed by atoms with E-state index >= 15 is 0 Å². The number of anilines is 5. The molecule has 3 heterocycles. The van der Waals surface area contributed by atoms with Crippen LogP contribution in [0.25, 0.3) is 31.3 Å². The Morgan fingerprint density at radius 1 is 0.439 bits per heavy atom. The van der Waals surface area contributed by atoms with E-state index in [4.69, 9.17) is 0 Å². The molecule has 3 aliphatic carbocycles. The first kappa shape index (κ1) is 42.6. The summed E-state index contributed by atoms with van der Waals surface area (Å²) >= 11 is 1.94. The summed E-state index contributed by atoms with van der Waals surface area (Å²) in [6.45, 7) is 34.4. The zero-order valence-electron chi connectivity index (χ0n) is 42.3. The minimum absolute atomic E-state index is 0.0405. The monoisotopic (exact) mass is 885 g/mol. The number of aryl methyl sites for hydroxylation is 2. The standard InChI is InChI=1S/C62H69BN2S/c1-36-27-42-40-31-46-48(62(13,14)26-24-60(46,9)10)34-51(40)65(38-19-20-43-45(30-38)59(7,8)22-21-57(43,3)4)63-49-32-41-39-17-15-16-18-54(39)66-55(41)35-52(49)64(53(28-36)56(42)63)50-33-47-44(29-37(50)2)58(5,6)23-25-61(47,11)12/h15-20,27-35H,21-26H2,1-14H3. The lowest BCUT2D eigenvalue weighted by atomic mass is 9.43. The van der Waals surface area contributed by atoms with Crippen molar-refractivity contribution in [1.29, 1.82) is 0 Å². The predicted molar refractivity (Wildman–Crippen MR) is 288 cm³/mol. The Labute approximate surface area is 399 Å². The summed E-state index contributed by atoms with van der Waals surface area (Å²) < 4.78 is 2.71. The number of fused-ring (bicyclic) bond motifs is 10. The van der Waals surface area contributed by atoms with Crippen molar-refractivity contribution < 1.29 is 0 Å². The molecule has 0 atom stereocenters. The van der Waals surface area contributed by atoms with Crippen molar-refractivity contribution in [2.24, 2.45) is 0 Å². The molecule has 5 aliphatic rings. The minimum Gasteiger partial charge on any atom is -0.376 e. The van der Waals surface area contributed by atoms with Gasteiger partial charge in [0, 0.05) is 54.2 Å². The number of nitrogens with zero attached hydrogens (tertiary/aromatic N) is 2. The first-order valence-electron chi connectivity index (χ1n) is 25.2. The molecular weight excluding hydrogens is 816 g/mol. The third kappa shape index (κ3) is 5.91. The third-order valence-corrected chi connectivity index (χ3v) is 19.3. The van der Waals surface area contributed by atoms with Gasteiger partial charge in [0.25, 0.3) is 0 Å². The zero-order valence-corrected chi connectivity index (χ0v) is 43.1. The fourth-order valence-corrected chi connectivity index (χ4v) is 14.7. The molecule has 336 valence electrons. The Hall–Kier alpha value is -4.80. The Balaban J connectivity index is 1.23. The van der Waals surface area contributed by atoms with E-state index in [0.717, 1.165) is 0 Å². The highest BCUT2D eigenvalue weighted by molar-refractivity contribution is 7.26. The summed E-state index contributed by atoms with van der Waals surface area (Å²) in [6.07, 6.45) is 7.17. The van der Waals surface area contributed by atoms with E-state index in [1.54, 1.807) is 0 Å². The first-order chi connectivity index (χ1) is 31.0. The molecule has 0 saturated carbocycles. The van der Waals surface area contributed by atoms with Crippen LogP contribution in [0.2, 0.25) is 0 Å². The highest BCUT2D eigenvalue weighted by atomic mass is 32.1. The molecule has 12 rings (SSSR count). The Morgan fingerprint density at radius 3 is 1.62 bits per heavy atom. The molecule has 0 fully saturated rings. The molecular formula is C62H69BN2S. The molecule has 0 amide bonds. The van der Waals surface area contributed by atoms with Crippen LogP contribution in [0.3, 0.4) is 0 Å². The second kappa shape index (κ2) is 13.5. The molecule has 2 nitrogen and oxygen atoms in total. The topological polar surface area (TPSA) is 6.48 Å². The molecule has 0 N–H and O–H groups in total. The maximum atomic E-state index is 2.83. The predicted octanol–water partition coefficient (Wildman–Crippen LogP) is 16.4. The third-order valence-electron chi connectivity index (χ3n) is 18.2. The second-order valence-corrected chi connectivity index (χ2v) is 26.6. The van der Waals surface area contributed by atoms with Crippen LogP contribution in [0.15, 0.2) is 91.0 Å². The lowest BCUT2D eigenvalue weighted by molar-refractivity contribution is 0.332. The van der Waals surface area contributed by atoms with Crippen LogP contribution in [0, 0.1) is 13.8 Å². The molecule has 7 aromatic rings. The molecule has 0 spiro atoms. The van der Waals surface area contributed by atoms with E-state index in [-0.39, 0.29) is 39.3 Å². The molecule has 1 aromatic heterocycles. The summed E-state index contributed by atoms with van der Waals surface area (Å²) in [5.74, 6) is 0. The van der Waals surface area contributed by atoms with Gasteiger partial charge in [-0.15, -0.1) is 11.3 Å². The van der Waals surface area contributed by atoms with Gasteiger partial charge in [-0.05, 0) is 194 Å². The van der Waals surface area contributed by atoms with Gasteiger partial charge in [0.2, 0.25) is 0 Å². The molecule has 2 aliphatic heterocycles. The molecule has 66 heavy (non-hydrogen) atoms. The summed E-state index contributed by atoms with van der Waals surface area (Å²) in [5, 5.41) is 2.72. The Kier molecular flexibility index (Phi) is 8.68. The zero-order chi connectivity index (χ0) is 46.4. The van der Waals surface area contributed by atoms with Crippen molar-refractivity contribution in [3.05, 3.63) is 136 Å². The van der Waals surface area contributed by atoms with Gasteiger partial charge >= 0.3 is 6.85 Å². The fourth-order valence-electron chi connectivity index (χ4n) is 13.6. The van der Waals surface area contributed by atoms with Gasteiger partial charge in [-0.25, -0.2) is 0 Å². The van der Waals surface area contributed by atoms with Crippen LogP contribution in [0.1, 0.15) is 166 Å². The average Bonchev–Trinajstić information content (AvgIpc) is 3.62. The number of hydrogen-bond donors (Lipinski definition) is 0. The lowest BCUT2D eigenvalue weighted by Gasteiger charge is -2.49. The molecule has 0 bridgehead atoms. The molecule has 6 aromatic carbocycles. The largest absolute Gasteiger partial charge is 0.376 e. The first-order valence-corrected chi connectivity index (χ1v) is 26.0. The van der Waals surface area contributed by atoms with Crippen molar-refractivity contribution in [2.75, 3.05) is 9.71 Å². The molecule has 0 saturated heterocycles. The van der Waals surface area contributed by atoms with Crippen LogP contribution in [-0.4, -0.2) is 6.85 Å². The highest BCUT2D eigenvalue weighted by Crippen LogP contribution is 2.56. The Morgan fingerprint density at radius 2 is 0.985 bits per heavy atom. The van der Waals surface area contributed by atoms with E-state index in [2.05, 4.69) is 198 Å². The average molecular weight is 885 g/mol. The van der Waals surface area contributed by atoms with Crippen molar-refractivity contribution in [2.45, 2.75) is 168 Å². The van der Waals surface area contributed by atoms with E-state index in [1.165, 1.54) is 154 Å². The molecule has 0 radical (unpaired) electrons. The van der Waals surface area contributed by atoms with E-state index in [0.29, 0.717) is 0 Å². The quantitative estimate of drug-likeness (QED) is 0.160. The van der Waals surface area contributed by atoms with Gasteiger partial charge in [0.15, 0.2) is 0 Å². The van der Waals surface area contributed by atoms with Gasteiger partial charge < -0.3 is 9.71 Å². The van der Waals surface area contributed by atoms with Gasteiger partial charge in [-0.3, -0.25) is 0 Å². The van der Waals surface area contributed by atoms with Crippen LogP contribution in [-0.2, 0) is 32.5 Å². The van der Waals surface area contributed by atoms with Crippen LogP contribution in [0.4, 0.5) is 28.4 Å². The highest BCUT2D eigenvalue weighted by Gasteiger charge is 2.49. The van der Waals surface area contributed by atoms with Gasteiger partial charge in [0.05, 0.1) is 0 Å². The second-order valence-electron chi connectivity index (χ2n) is 25.5. The van der Waals surface area contributed by atoms with Crippen molar-refractivity contribution in [1.82, 2.24) is 0 Å². The van der Waals surface area contributed by atoms with Gasteiger partial charge in [0.1, 0.15) is 0 Å². The molecule has 0 unspecified atom stereocenters.